The minimum absolute atomic E-state index is 0.0295. The Kier molecular flexibility index (Phi) is 10.8. The molecule has 0 saturated carbocycles. The summed E-state index contributed by atoms with van der Waals surface area (Å²) in [4.78, 5) is 14.3. The van der Waals surface area contributed by atoms with Crippen LogP contribution < -0.4 is 5.73 Å². The third-order valence-corrected chi connectivity index (χ3v) is 3.38. The van der Waals surface area contributed by atoms with Crippen molar-refractivity contribution in [3.63, 3.8) is 0 Å². The van der Waals surface area contributed by atoms with E-state index in [-0.39, 0.29) is 11.9 Å². The van der Waals surface area contributed by atoms with Gasteiger partial charge in [-0.3, -0.25) is 4.79 Å². The SMILES string of the molecule is CCC(CC)N(CCOC)C(=O)C(N)CCCOC. The molecule has 0 bridgehead atoms. The molecule has 0 aliphatic rings. The van der Waals surface area contributed by atoms with Crippen molar-refractivity contribution in [3.05, 3.63) is 0 Å². The van der Waals surface area contributed by atoms with Gasteiger partial charge in [-0.05, 0) is 25.7 Å². The van der Waals surface area contributed by atoms with Crippen molar-refractivity contribution < 1.29 is 14.3 Å². The molecule has 0 fully saturated rings. The molecule has 0 aliphatic heterocycles. The summed E-state index contributed by atoms with van der Waals surface area (Å²) in [5, 5.41) is 0. The first-order valence-corrected chi connectivity index (χ1v) is 7.16. The molecule has 0 aromatic heterocycles. The van der Waals surface area contributed by atoms with Crippen LogP contribution in [-0.4, -0.2) is 56.9 Å². The molecule has 5 heteroatoms. The van der Waals surface area contributed by atoms with Crippen LogP contribution in [0.3, 0.4) is 0 Å². The largest absolute Gasteiger partial charge is 0.385 e. The van der Waals surface area contributed by atoms with E-state index in [9.17, 15) is 4.79 Å². The topological polar surface area (TPSA) is 64.8 Å². The van der Waals surface area contributed by atoms with Crippen LogP contribution in [0.5, 0.6) is 0 Å². The minimum Gasteiger partial charge on any atom is -0.385 e. The van der Waals surface area contributed by atoms with Gasteiger partial charge in [-0.15, -0.1) is 0 Å². The van der Waals surface area contributed by atoms with E-state index >= 15 is 0 Å². The Hall–Kier alpha value is -0.650. The first kappa shape index (κ1) is 18.4. The Morgan fingerprint density at radius 1 is 1.16 bits per heavy atom. The van der Waals surface area contributed by atoms with E-state index in [4.69, 9.17) is 15.2 Å². The van der Waals surface area contributed by atoms with Crippen LogP contribution in [0.15, 0.2) is 0 Å². The molecule has 5 nitrogen and oxygen atoms in total. The van der Waals surface area contributed by atoms with E-state index in [1.54, 1.807) is 14.2 Å². The predicted molar refractivity (Wildman–Crippen MR) is 77.0 cm³/mol. The summed E-state index contributed by atoms with van der Waals surface area (Å²) in [7, 11) is 3.30. The summed E-state index contributed by atoms with van der Waals surface area (Å²) in [6, 6.07) is -0.191. The van der Waals surface area contributed by atoms with Crippen LogP contribution in [-0.2, 0) is 14.3 Å². The van der Waals surface area contributed by atoms with Crippen molar-refractivity contribution in [2.75, 3.05) is 34.0 Å². The number of ether oxygens (including phenoxy) is 2. The maximum atomic E-state index is 12.4. The molecule has 1 amide bonds. The standard InChI is InChI=1S/C14H30N2O3/c1-5-12(6-2)16(9-11-19-4)14(17)13(15)8-7-10-18-3/h12-13H,5-11,15H2,1-4H3. The molecule has 0 aromatic rings. The van der Waals surface area contributed by atoms with E-state index in [0.717, 1.165) is 19.3 Å². The molecule has 0 rings (SSSR count). The molecule has 0 aromatic carbocycles. The van der Waals surface area contributed by atoms with E-state index < -0.39 is 6.04 Å². The average molecular weight is 274 g/mol. The van der Waals surface area contributed by atoms with Gasteiger partial charge in [0, 0.05) is 33.4 Å². The number of nitrogens with two attached hydrogens (primary N) is 1. The van der Waals surface area contributed by atoms with Crippen LogP contribution in [0, 0.1) is 0 Å². The summed E-state index contributed by atoms with van der Waals surface area (Å²) in [6.07, 6.45) is 3.36. The first-order valence-electron chi connectivity index (χ1n) is 7.16. The van der Waals surface area contributed by atoms with Gasteiger partial charge in [0.2, 0.25) is 5.91 Å². The Labute approximate surface area is 117 Å². The third kappa shape index (κ3) is 6.89. The van der Waals surface area contributed by atoms with Gasteiger partial charge < -0.3 is 20.1 Å². The van der Waals surface area contributed by atoms with Crippen LogP contribution in [0.1, 0.15) is 39.5 Å². The zero-order valence-corrected chi connectivity index (χ0v) is 12.9. The molecule has 2 N–H and O–H groups in total. The average Bonchev–Trinajstić information content (AvgIpc) is 2.43. The Morgan fingerprint density at radius 3 is 2.21 bits per heavy atom. The number of carbonyl (C=O) groups excluding carboxylic acids is 1. The lowest BCUT2D eigenvalue weighted by Crippen LogP contribution is -2.49. The molecule has 1 unspecified atom stereocenters. The molecule has 19 heavy (non-hydrogen) atoms. The maximum absolute atomic E-state index is 12.4. The molecular weight excluding hydrogens is 244 g/mol. The highest BCUT2D eigenvalue weighted by atomic mass is 16.5. The van der Waals surface area contributed by atoms with Gasteiger partial charge in [0.25, 0.3) is 0 Å². The summed E-state index contributed by atoms with van der Waals surface area (Å²) in [5.41, 5.74) is 5.99. The fourth-order valence-corrected chi connectivity index (χ4v) is 2.18. The van der Waals surface area contributed by atoms with E-state index in [2.05, 4.69) is 13.8 Å². The molecule has 1 atom stereocenters. The zero-order chi connectivity index (χ0) is 14.7. The Bertz CT molecular complexity index is 233. The number of hydrogen-bond acceptors (Lipinski definition) is 4. The second-order valence-electron chi connectivity index (χ2n) is 4.74. The number of carbonyl (C=O) groups is 1. The lowest BCUT2D eigenvalue weighted by molar-refractivity contribution is -0.136. The van der Waals surface area contributed by atoms with Crippen molar-refractivity contribution in [2.45, 2.75) is 51.6 Å². The van der Waals surface area contributed by atoms with Crippen molar-refractivity contribution in [3.8, 4) is 0 Å². The lowest BCUT2D eigenvalue weighted by Gasteiger charge is -2.32. The molecule has 0 saturated heterocycles. The summed E-state index contributed by atoms with van der Waals surface area (Å²) in [5.74, 6) is 0.0295. The normalized spacial score (nSPS) is 12.7. The maximum Gasteiger partial charge on any atom is 0.239 e. The highest BCUT2D eigenvalue weighted by Gasteiger charge is 2.25. The molecule has 0 spiro atoms. The van der Waals surface area contributed by atoms with E-state index in [0.29, 0.717) is 26.2 Å². The lowest BCUT2D eigenvalue weighted by atomic mass is 10.1. The fourth-order valence-electron chi connectivity index (χ4n) is 2.18. The van der Waals surface area contributed by atoms with Gasteiger partial charge in [0.05, 0.1) is 12.6 Å². The Balaban J connectivity index is 4.50. The first-order chi connectivity index (χ1) is 9.12. The highest BCUT2D eigenvalue weighted by molar-refractivity contribution is 5.81. The summed E-state index contributed by atoms with van der Waals surface area (Å²) in [6.45, 7) is 5.99. The second kappa shape index (κ2) is 11.2. The third-order valence-electron chi connectivity index (χ3n) is 3.38. The number of amides is 1. The van der Waals surface area contributed by atoms with Crippen LogP contribution in [0.2, 0.25) is 0 Å². The van der Waals surface area contributed by atoms with E-state index in [1.165, 1.54) is 0 Å². The number of methoxy groups -OCH3 is 2. The van der Waals surface area contributed by atoms with Crippen LogP contribution in [0.4, 0.5) is 0 Å². The zero-order valence-electron chi connectivity index (χ0n) is 12.9. The van der Waals surface area contributed by atoms with Crippen LogP contribution in [0.25, 0.3) is 0 Å². The number of hydrogen-bond donors (Lipinski definition) is 1. The smallest absolute Gasteiger partial charge is 0.239 e. The summed E-state index contributed by atoms with van der Waals surface area (Å²) >= 11 is 0. The monoisotopic (exact) mass is 274 g/mol. The van der Waals surface area contributed by atoms with Crippen LogP contribution >= 0.6 is 0 Å². The van der Waals surface area contributed by atoms with Crippen molar-refractivity contribution in [2.24, 2.45) is 5.73 Å². The molecule has 0 heterocycles. The van der Waals surface area contributed by atoms with Crippen molar-refractivity contribution in [1.82, 2.24) is 4.90 Å². The van der Waals surface area contributed by atoms with Gasteiger partial charge in [0.1, 0.15) is 0 Å². The van der Waals surface area contributed by atoms with Crippen molar-refractivity contribution >= 4 is 5.91 Å². The van der Waals surface area contributed by atoms with Gasteiger partial charge in [-0.25, -0.2) is 0 Å². The van der Waals surface area contributed by atoms with Gasteiger partial charge in [-0.1, -0.05) is 13.8 Å². The number of rotatable bonds is 11. The minimum atomic E-state index is -0.437. The molecule has 0 aliphatic carbocycles. The second-order valence-corrected chi connectivity index (χ2v) is 4.74. The van der Waals surface area contributed by atoms with Gasteiger partial charge in [-0.2, -0.15) is 0 Å². The van der Waals surface area contributed by atoms with Gasteiger partial charge >= 0.3 is 0 Å². The molecule has 114 valence electrons. The summed E-state index contributed by atoms with van der Waals surface area (Å²) < 4.78 is 10.1. The quantitative estimate of drug-likeness (QED) is 0.578. The molecule has 0 radical (unpaired) electrons. The fraction of sp³-hybridized carbons (Fsp3) is 0.929. The van der Waals surface area contributed by atoms with E-state index in [1.807, 2.05) is 4.90 Å². The number of nitrogens with zero attached hydrogens (tertiary/aromatic N) is 1. The Morgan fingerprint density at radius 2 is 1.74 bits per heavy atom. The predicted octanol–water partition coefficient (Wildman–Crippen LogP) is 1.40. The van der Waals surface area contributed by atoms with Crippen molar-refractivity contribution in [1.29, 1.82) is 0 Å². The molecular formula is C14H30N2O3. The highest BCUT2D eigenvalue weighted by Crippen LogP contribution is 2.11. The van der Waals surface area contributed by atoms with Gasteiger partial charge in [0.15, 0.2) is 0 Å².